The van der Waals surface area contributed by atoms with E-state index in [0.29, 0.717) is 19.6 Å². The van der Waals surface area contributed by atoms with Gasteiger partial charge in [0, 0.05) is 43.9 Å². The van der Waals surface area contributed by atoms with Crippen LogP contribution in [-0.2, 0) is 16.1 Å². The first-order valence-corrected chi connectivity index (χ1v) is 9.80. The van der Waals surface area contributed by atoms with Gasteiger partial charge in [0.1, 0.15) is 0 Å². The Morgan fingerprint density at radius 2 is 1.93 bits per heavy atom. The van der Waals surface area contributed by atoms with Crippen molar-refractivity contribution in [3.05, 3.63) is 47.3 Å². The first kappa shape index (κ1) is 18.2. The zero-order valence-electron chi connectivity index (χ0n) is 16.2. The third-order valence-corrected chi connectivity index (χ3v) is 5.94. The van der Waals surface area contributed by atoms with Crippen LogP contribution in [0.25, 0.3) is 5.69 Å². The number of aryl methyl sites for hydroxylation is 1. The zero-order valence-corrected chi connectivity index (χ0v) is 16.2. The second-order valence-electron chi connectivity index (χ2n) is 7.73. The molecule has 0 bridgehead atoms. The van der Waals surface area contributed by atoms with Crippen LogP contribution < -0.4 is 5.32 Å². The van der Waals surface area contributed by atoms with Gasteiger partial charge < -0.3 is 10.1 Å². The van der Waals surface area contributed by atoms with Crippen LogP contribution in [0.1, 0.15) is 36.2 Å². The van der Waals surface area contributed by atoms with E-state index in [4.69, 9.17) is 9.84 Å². The fourth-order valence-electron chi connectivity index (χ4n) is 4.15. The van der Waals surface area contributed by atoms with Crippen LogP contribution in [0.2, 0.25) is 0 Å². The summed E-state index contributed by atoms with van der Waals surface area (Å²) in [6, 6.07) is 10.3. The fraction of sp³-hybridized carbons (Fsp3) is 0.524. The van der Waals surface area contributed by atoms with Gasteiger partial charge in [-0.05, 0) is 38.8 Å². The molecule has 3 heterocycles. The van der Waals surface area contributed by atoms with E-state index in [0.717, 1.165) is 43.9 Å². The number of nitrogens with one attached hydrogen (secondary N) is 1. The highest BCUT2D eigenvalue weighted by molar-refractivity contribution is 5.76. The summed E-state index contributed by atoms with van der Waals surface area (Å²) in [4.78, 5) is 14.1. The average Bonchev–Trinajstić information content (AvgIpc) is 2.85. The van der Waals surface area contributed by atoms with Gasteiger partial charge in [-0.3, -0.25) is 9.69 Å². The van der Waals surface area contributed by atoms with Crippen molar-refractivity contribution in [2.75, 3.05) is 26.2 Å². The number of nitrogens with zero attached hydrogens (tertiary/aromatic N) is 3. The van der Waals surface area contributed by atoms with Gasteiger partial charge in [0.15, 0.2) is 0 Å². The van der Waals surface area contributed by atoms with Crippen LogP contribution in [0.3, 0.4) is 0 Å². The number of piperidine rings is 1. The molecular weight excluding hydrogens is 340 g/mol. The minimum Gasteiger partial charge on any atom is -0.373 e. The van der Waals surface area contributed by atoms with Gasteiger partial charge in [0.25, 0.3) is 0 Å². The van der Waals surface area contributed by atoms with Gasteiger partial charge in [0.05, 0.1) is 23.6 Å². The topological polar surface area (TPSA) is 59.4 Å². The Morgan fingerprint density at radius 1 is 1.19 bits per heavy atom. The zero-order chi connectivity index (χ0) is 18.9. The largest absolute Gasteiger partial charge is 0.373 e. The number of aromatic nitrogens is 2. The maximum atomic E-state index is 11.6. The van der Waals surface area contributed by atoms with Gasteiger partial charge >= 0.3 is 0 Å². The van der Waals surface area contributed by atoms with Crippen LogP contribution in [0.4, 0.5) is 0 Å². The van der Waals surface area contributed by atoms with Gasteiger partial charge in [-0.25, -0.2) is 4.68 Å². The SMILES string of the molecule is Cc1nn(-c2ccccc2)c(C)c1CN1CCC2(CC1)CNC(=O)CCO2. The molecule has 27 heavy (non-hydrogen) atoms. The molecule has 4 rings (SSSR count). The molecule has 1 aromatic carbocycles. The fourth-order valence-corrected chi connectivity index (χ4v) is 4.15. The molecule has 1 amide bonds. The third kappa shape index (κ3) is 3.77. The van der Waals surface area contributed by atoms with Crippen molar-refractivity contribution in [3.8, 4) is 5.69 Å². The molecule has 0 saturated carbocycles. The number of amides is 1. The van der Waals surface area contributed by atoms with Crippen LogP contribution >= 0.6 is 0 Å². The van der Waals surface area contributed by atoms with Crippen molar-refractivity contribution in [2.45, 2.75) is 45.3 Å². The van der Waals surface area contributed by atoms with Crippen molar-refractivity contribution in [2.24, 2.45) is 0 Å². The molecule has 0 radical (unpaired) electrons. The standard InChI is InChI=1S/C21H28N4O2/c1-16-19(17(2)25(23-16)18-6-4-3-5-7-18)14-24-11-9-21(10-12-24)15-22-20(26)8-13-27-21/h3-7H,8-15H2,1-2H3,(H,22,26). The van der Waals surface area contributed by atoms with Gasteiger partial charge in [0.2, 0.25) is 5.91 Å². The lowest BCUT2D eigenvalue weighted by molar-refractivity contribution is -0.120. The van der Waals surface area contributed by atoms with Crippen molar-refractivity contribution in [3.63, 3.8) is 0 Å². The molecule has 2 saturated heterocycles. The average molecular weight is 368 g/mol. The van der Waals surface area contributed by atoms with Crippen molar-refractivity contribution >= 4 is 5.91 Å². The van der Waals surface area contributed by atoms with E-state index in [9.17, 15) is 4.79 Å². The number of benzene rings is 1. The van der Waals surface area contributed by atoms with Crippen molar-refractivity contribution < 1.29 is 9.53 Å². The monoisotopic (exact) mass is 368 g/mol. The van der Waals surface area contributed by atoms with E-state index in [-0.39, 0.29) is 11.5 Å². The molecule has 2 aromatic rings. The highest BCUT2D eigenvalue weighted by atomic mass is 16.5. The Morgan fingerprint density at radius 3 is 2.67 bits per heavy atom. The molecule has 6 heteroatoms. The van der Waals surface area contributed by atoms with E-state index >= 15 is 0 Å². The minimum absolute atomic E-state index is 0.105. The normalized spacial score (nSPS) is 20.4. The number of rotatable bonds is 3. The number of carbonyl (C=O) groups excluding carboxylic acids is 1. The molecule has 2 aliphatic rings. The smallest absolute Gasteiger partial charge is 0.222 e. The molecule has 144 valence electrons. The quantitative estimate of drug-likeness (QED) is 0.904. The Bertz CT molecular complexity index is 807. The minimum atomic E-state index is -0.180. The highest BCUT2D eigenvalue weighted by Crippen LogP contribution is 2.29. The lowest BCUT2D eigenvalue weighted by Gasteiger charge is -2.40. The van der Waals surface area contributed by atoms with Gasteiger partial charge in [-0.2, -0.15) is 5.10 Å². The van der Waals surface area contributed by atoms with E-state index in [1.807, 2.05) is 22.9 Å². The third-order valence-electron chi connectivity index (χ3n) is 5.94. The summed E-state index contributed by atoms with van der Waals surface area (Å²) in [6.07, 6.45) is 2.39. The number of ether oxygens (including phenoxy) is 1. The predicted octanol–water partition coefficient (Wildman–Crippen LogP) is 2.36. The van der Waals surface area contributed by atoms with Crippen LogP contribution in [0, 0.1) is 13.8 Å². The molecular formula is C21H28N4O2. The van der Waals surface area contributed by atoms with E-state index in [1.54, 1.807) is 0 Å². The summed E-state index contributed by atoms with van der Waals surface area (Å²) in [5.41, 5.74) is 4.53. The molecule has 6 nitrogen and oxygen atoms in total. The molecule has 1 spiro atoms. The summed E-state index contributed by atoms with van der Waals surface area (Å²) < 4.78 is 8.13. The number of hydrogen-bond donors (Lipinski definition) is 1. The number of carbonyl (C=O) groups is 1. The van der Waals surface area contributed by atoms with Gasteiger partial charge in [-0.1, -0.05) is 18.2 Å². The molecule has 2 aliphatic heterocycles. The maximum Gasteiger partial charge on any atom is 0.222 e. The van der Waals surface area contributed by atoms with E-state index in [1.165, 1.54) is 11.3 Å². The Hall–Kier alpha value is -2.18. The molecule has 1 aromatic heterocycles. The van der Waals surface area contributed by atoms with E-state index in [2.05, 4.69) is 36.2 Å². The molecule has 2 fully saturated rings. The lowest BCUT2D eigenvalue weighted by atomic mass is 9.90. The van der Waals surface area contributed by atoms with E-state index < -0.39 is 0 Å². The Labute approximate surface area is 160 Å². The number of hydrogen-bond acceptors (Lipinski definition) is 4. The van der Waals surface area contributed by atoms with Crippen LogP contribution in [-0.4, -0.2) is 52.4 Å². The molecule has 1 N–H and O–H groups in total. The lowest BCUT2D eigenvalue weighted by Crippen LogP contribution is -2.50. The predicted molar refractivity (Wildman–Crippen MR) is 104 cm³/mol. The summed E-state index contributed by atoms with van der Waals surface area (Å²) in [5.74, 6) is 0.105. The number of likely N-dealkylation sites (tertiary alicyclic amines) is 1. The van der Waals surface area contributed by atoms with Crippen molar-refractivity contribution in [1.82, 2.24) is 20.0 Å². The summed E-state index contributed by atoms with van der Waals surface area (Å²) in [7, 11) is 0. The highest BCUT2D eigenvalue weighted by Gasteiger charge is 2.37. The van der Waals surface area contributed by atoms with Gasteiger partial charge in [-0.15, -0.1) is 0 Å². The second-order valence-corrected chi connectivity index (χ2v) is 7.73. The first-order chi connectivity index (χ1) is 13.1. The van der Waals surface area contributed by atoms with Crippen LogP contribution in [0.15, 0.2) is 30.3 Å². The summed E-state index contributed by atoms with van der Waals surface area (Å²) >= 11 is 0. The van der Waals surface area contributed by atoms with Crippen LogP contribution in [0.5, 0.6) is 0 Å². The Balaban J connectivity index is 1.44. The maximum absolute atomic E-state index is 11.6. The molecule has 0 aliphatic carbocycles. The number of para-hydroxylation sites is 1. The molecule has 0 atom stereocenters. The second kappa shape index (κ2) is 7.44. The Kier molecular flexibility index (Phi) is 5.02. The first-order valence-electron chi connectivity index (χ1n) is 9.80. The summed E-state index contributed by atoms with van der Waals surface area (Å²) in [5, 5.41) is 7.78. The summed E-state index contributed by atoms with van der Waals surface area (Å²) in [6.45, 7) is 8.29. The van der Waals surface area contributed by atoms with Crippen molar-refractivity contribution in [1.29, 1.82) is 0 Å². The molecule has 0 unspecified atom stereocenters.